The summed E-state index contributed by atoms with van der Waals surface area (Å²) in [5, 5.41) is 12.6. The number of likely N-dealkylation sites (tertiary alicyclic amines) is 2. The van der Waals surface area contributed by atoms with Crippen molar-refractivity contribution in [3.05, 3.63) is 101 Å². The van der Waals surface area contributed by atoms with Crippen molar-refractivity contribution in [1.82, 2.24) is 49.0 Å². The number of ether oxygens (including phenoxy) is 2. The summed E-state index contributed by atoms with van der Waals surface area (Å²) in [4.78, 5) is 22.7. The van der Waals surface area contributed by atoms with Crippen LogP contribution in [0.4, 0.5) is 5.95 Å². The third-order valence-electron chi connectivity index (χ3n) is 10.8. The zero-order chi connectivity index (χ0) is 44.8. The molecule has 0 spiro atoms. The summed E-state index contributed by atoms with van der Waals surface area (Å²) < 4.78 is 16.7. The molecule has 2 aliphatic heterocycles. The van der Waals surface area contributed by atoms with E-state index in [2.05, 4.69) is 126 Å². The average Bonchev–Trinajstić information content (AvgIpc) is 3.90. The molecule has 2 aliphatic rings. The Hall–Kier alpha value is -4.16. The second-order valence-corrected chi connectivity index (χ2v) is 18.4. The number of anilines is 1. The normalized spacial score (nSPS) is 15.9. The Morgan fingerprint density at radius 1 is 0.683 bits per heavy atom. The molecule has 2 atom stereocenters. The summed E-state index contributed by atoms with van der Waals surface area (Å²) in [6.07, 6.45) is 7.93. The minimum Gasteiger partial charge on any atom is -0.460 e. The Bertz CT molecular complexity index is 2220. The lowest BCUT2D eigenvalue weighted by atomic mass is 10.1. The molecule has 3 N–H and O–H groups in total. The third kappa shape index (κ3) is 14.9. The van der Waals surface area contributed by atoms with Crippen LogP contribution in [0.2, 0.25) is 5.28 Å². The number of benzene rings is 2. The number of aromatic nitrogens is 8. The van der Waals surface area contributed by atoms with Crippen LogP contribution in [0, 0.1) is 0 Å². The molecule has 2 fully saturated rings. The highest BCUT2D eigenvalue weighted by molar-refractivity contribution is 14.1. The first-order valence-corrected chi connectivity index (χ1v) is 23.7. The lowest BCUT2D eigenvalue weighted by molar-refractivity contribution is 0.105. The molecule has 0 bridgehead atoms. The van der Waals surface area contributed by atoms with Gasteiger partial charge in [-0.25, -0.2) is 0 Å². The van der Waals surface area contributed by atoms with Crippen LogP contribution < -0.4 is 20.5 Å². The van der Waals surface area contributed by atoms with E-state index in [1.807, 2.05) is 61.7 Å². The molecule has 6 aromatic rings. The van der Waals surface area contributed by atoms with E-state index in [9.17, 15) is 0 Å². The zero-order valence-electron chi connectivity index (χ0n) is 37.9. The van der Waals surface area contributed by atoms with E-state index in [1.54, 1.807) is 15.2 Å². The molecule has 6 heterocycles. The zero-order valence-corrected chi connectivity index (χ0v) is 40.8. The molecule has 2 saturated heterocycles. The van der Waals surface area contributed by atoms with Crippen LogP contribution in [0.15, 0.2) is 73.1 Å². The maximum absolute atomic E-state index is 6.21. The Labute approximate surface area is 393 Å². The van der Waals surface area contributed by atoms with Gasteiger partial charge in [-0.1, -0.05) is 125 Å². The predicted molar refractivity (Wildman–Crippen MR) is 266 cm³/mol. The number of nitrogens with one attached hydrogen (secondary N) is 1. The summed E-state index contributed by atoms with van der Waals surface area (Å²) in [5.41, 5.74) is 11.7. The van der Waals surface area contributed by atoms with Crippen molar-refractivity contribution >= 4 is 51.4 Å². The van der Waals surface area contributed by atoms with Gasteiger partial charge in [0.2, 0.25) is 11.2 Å². The van der Waals surface area contributed by atoms with Crippen molar-refractivity contribution in [2.75, 3.05) is 50.0 Å². The minimum absolute atomic E-state index is 0. The quantitative estimate of drug-likeness (QED) is 0.0994. The summed E-state index contributed by atoms with van der Waals surface area (Å²) >= 11 is 8.47. The van der Waals surface area contributed by atoms with Gasteiger partial charge in [-0.3, -0.25) is 0 Å². The molecule has 0 amide bonds. The van der Waals surface area contributed by atoms with Gasteiger partial charge in [0.25, 0.3) is 0 Å². The Balaban J connectivity index is 0.000000223. The fraction of sp³-hybridized carbons (Fsp3) is 0.532. The molecule has 0 unspecified atom stereocenters. The van der Waals surface area contributed by atoms with Crippen molar-refractivity contribution in [1.29, 1.82) is 0 Å². The number of hydrogen-bond donors (Lipinski definition) is 2. The van der Waals surface area contributed by atoms with Crippen LogP contribution in [0.1, 0.15) is 128 Å². The van der Waals surface area contributed by atoms with Crippen molar-refractivity contribution in [3.8, 4) is 12.0 Å². The fourth-order valence-corrected chi connectivity index (χ4v) is 7.21. The number of hydrogen-bond acceptors (Lipinski definition) is 12. The Kier molecular flexibility index (Phi) is 20.7. The van der Waals surface area contributed by atoms with Crippen LogP contribution in [0.3, 0.4) is 0 Å². The van der Waals surface area contributed by atoms with Gasteiger partial charge in [0.15, 0.2) is 11.3 Å². The van der Waals surface area contributed by atoms with Gasteiger partial charge in [-0.15, -0.1) is 0 Å². The average molecular weight is 998 g/mol. The van der Waals surface area contributed by atoms with Gasteiger partial charge in [0.1, 0.15) is 12.2 Å². The molecule has 344 valence electrons. The number of alkyl halides is 1. The van der Waals surface area contributed by atoms with Crippen LogP contribution in [0.25, 0.3) is 11.3 Å². The summed E-state index contributed by atoms with van der Waals surface area (Å²) in [5.74, 6) is 1.30. The molecular formula is C47H70ClIN12O2. The first-order chi connectivity index (χ1) is 29.8. The van der Waals surface area contributed by atoms with E-state index in [0.29, 0.717) is 29.8 Å². The van der Waals surface area contributed by atoms with Crippen LogP contribution >= 0.6 is 34.2 Å². The summed E-state index contributed by atoms with van der Waals surface area (Å²) in [6, 6.07) is 21.4. The molecule has 16 heteroatoms. The molecule has 14 nitrogen and oxygen atoms in total. The van der Waals surface area contributed by atoms with E-state index in [4.69, 9.17) is 36.8 Å². The van der Waals surface area contributed by atoms with E-state index in [-0.39, 0.29) is 37.0 Å². The second-order valence-electron chi connectivity index (χ2n) is 16.6. The van der Waals surface area contributed by atoms with Crippen molar-refractivity contribution in [2.24, 2.45) is 5.73 Å². The Morgan fingerprint density at radius 3 is 1.52 bits per heavy atom. The number of halogens is 2. The van der Waals surface area contributed by atoms with Crippen LogP contribution in [-0.4, -0.2) is 106 Å². The number of nitrogens with two attached hydrogens (primary N) is 1. The molecule has 8 rings (SSSR count). The largest absolute Gasteiger partial charge is 0.460 e. The monoisotopic (exact) mass is 996 g/mol. The lowest BCUT2D eigenvalue weighted by Gasteiger charge is -2.28. The third-order valence-corrected chi connectivity index (χ3v) is 11.0. The van der Waals surface area contributed by atoms with Gasteiger partial charge in [-0.05, 0) is 92.6 Å². The molecule has 63 heavy (non-hydrogen) atoms. The highest BCUT2D eigenvalue weighted by atomic mass is 127. The minimum atomic E-state index is 0. The van der Waals surface area contributed by atoms with Gasteiger partial charge >= 0.3 is 12.0 Å². The highest BCUT2D eigenvalue weighted by Gasteiger charge is 2.23. The first kappa shape index (κ1) is 51.5. The Morgan fingerprint density at radius 2 is 1.10 bits per heavy atom. The maximum atomic E-state index is 6.21. The molecule has 4 aromatic heterocycles. The molecular weight excluding hydrogens is 927 g/mol. The van der Waals surface area contributed by atoms with E-state index >= 15 is 0 Å². The van der Waals surface area contributed by atoms with Crippen molar-refractivity contribution < 1.29 is 9.47 Å². The fourth-order valence-electron chi connectivity index (χ4n) is 7.01. The number of fused-ring (bicyclic) bond motifs is 2. The van der Waals surface area contributed by atoms with E-state index in [1.165, 1.54) is 15.6 Å². The molecule has 0 saturated carbocycles. The first-order valence-electron chi connectivity index (χ1n) is 21.8. The lowest BCUT2D eigenvalue weighted by Crippen LogP contribution is -2.36. The molecule has 2 aromatic carbocycles. The van der Waals surface area contributed by atoms with Gasteiger partial charge in [0.05, 0.1) is 18.4 Å². The topological polar surface area (TPSA) is 149 Å². The van der Waals surface area contributed by atoms with Gasteiger partial charge < -0.3 is 30.3 Å². The molecule has 0 aliphatic carbocycles. The SMILES string of the molecule is C.CC(C)c1cnn2c(Cl)nc(OC3CCN(C)CC3)nc12.CC(C)c1cnn2c(N[C@H](C)c3ccccc3)nc(OC3CCN(C)CC3)nc12.CCI.C[C@@H](N)c1ccccc1. The predicted octanol–water partition coefficient (Wildman–Crippen LogP) is 10.1. The summed E-state index contributed by atoms with van der Waals surface area (Å²) in [6.45, 7) is 18.8. The van der Waals surface area contributed by atoms with Crippen LogP contribution in [0.5, 0.6) is 12.0 Å². The highest BCUT2D eigenvalue weighted by Crippen LogP contribution is 2.27. The van der Waals surface area contributed by atoms with Gasteiger partial charge in [0, 0.05) is 43.3 Å². The smallest absolute Gasteiger partial charge is 0.322 e. The molecule has 0 radical (unpaired) electrons. The van der Waals surface area contributed by atoms with Crippen molar-refractivity contribution in [3.63, 3.8) is 0 Å². The van der Waals surface area contributed by atoms with E-state index < -0.39 is 0 Å². The van der Waals surface area contributed by atoms with Gasteiger partial charge in [-0.2, -0.15) is 39.2 Å². The summed E-state index contributed by atoms with van der Waals surface area (Å²) in [7, 11) is 4.27. The maximum Gasteiger partial charge on any atom is 0.322 e. The van der Waals surface area contributed by atoms with Crippen LogP contribution in [-0.2, 0) is 0 Å². The van der Waals surface area contributed by atoms with Crippen molar-refractivity contribution in [2.45, 2.75) is 118 Å². The number of piperidine rings is 2. The number of nitrogens with zero attached hydrogens (tertiary/aromatic N) is 10. The standard InChI is InChI=1S/C22H30N6O.C14H20ClN5O.C8H11N.C2H5I.CH4/c1-15(2)19-14-23-28-20(19)25-22(29-18-10-12-27(4)13-11-18)26-21(28)24-16(3)17-8-6-5-7-9-17;1-9(2)11-8-16-20-12(11)17-14(18-13(20)15)21-10-4-6-19(3)7-5-10;1-7(9)8-5-3-2-4-6-8;1-2-3;/h5-9,14-16,18H,10-13H2,1-4H3,(H,24,25,26);8-10H,4-7H2,1-3H3;2-7H,9H2,1H3;2H2,1H3;1H4/t16-;;7-;;/m1.1../s1. The second kappa shape index (κ2) is 25.4. The number of rotatable bonds is 10. The van der Waals surface area contributed by atoms with E-state index in [0.717, 1.165) is 74.3 Å².